The fourth-order valence-corrected chi connectivity index (χ4v) is 2.21. The molecule has 112 valence electrons. The highest BCUT2D eigenvalue weighted by molar-refractivity contribution is 6.48. The third kappa shape index (κ3) is 2.32. The number of hydrogen-bond acceptors (Lipinski definition) is 5. The molecule has 0 aliphatic heterocycles. The van der Waals surface area contributed by atoms with Crippen LogP contribution in [0.2, 0.25) is 0 Å². The Kier molecular flexibility index (Phi) is 3.38. The van der Waals surface area contributed by atoms with Gasteiger partial charge in [0.1, 0.15) is 5.75 Å². The summed E-state index contributed by atoms with van der Waals surface area (Å²) in [5.74, 6) is -0.846. The van der Waals surface area contributed by atoms with Crippen molar-refractivity contribution in [1.82, 2.24) is 10.1 Å². The predicted molar refractivity (Wildman–Crippen MR) is 79.1 cm³/mol. The van der Waals surface area contributed by atoms with Crippen molar-refractivity contribution < 1.29 is 18.8 Å². The molecule has 0 fully saturated rings. The van der Waals surface area contributed by atoms with Crippen molar-refractivity contribution in [1.29, 1.82) is 0 Å². The topological polar surface area (TPSA) is 97.2 Å². The van der Waals surface area contributed by atoms with Crippen LogP contribution in [0.4, 0.5) is 5.88 Å². The Hall–Kier alpha value is -3.09. The molecule has 0 radical (unpaired) electrons. The summed E-state index contributed by atoms with van der Waals surface area (Å²) in [6.45, 7) is 1.71. The van der Waals surface area contributed by atoms with Gasteiger partial charge in [-0.3, -0.25) is 14.9 Å². The van der Waals surface area contributed by atoms with E-state index in [-0.39, 0.29) is 11.4 Å². The Balaban J connectivity index is 1.93. The maximum atomic E-state index is 12.3. The van der Waals surface area contributed by atoms with E-state index in [1.54, 1.807) is 25.1 Å². The number of carbonyl (C=O) groups excluding carboxylic acids is 2. The average molecular weight is 299 g/mol. The van der Waals surface area contributed by atoms with Gasteiger partial charge in [-0.1, -0.05) is 11.2 Å². The zero-order chi connectivity index (χ0) is 15.7. The van der Waals surface area contributed by atoms with E-state index >= 15 is 0 Å². The van der Waals surface area contributed by atoms with Crippen molar-refractivity contribution in [3.05, 3.63) is 41.7 Å². The van der Waals surface area contributed by atoms with Gasteiger partial charge in [0.2, 0.25) is 5.88 Å². The van der Waals surface area contributed by atoms with E-state index in [0.29, 0.717) is 22.3 Å². The molecule has 2 N–H and O–H groups in total. The van der Waals surface area contributed by atoms with Crippen molar-refractivity contribution in [3.8, 4) is 5.75 Å². The van der Waals surface area contributed by atoms with Crippen LogP contribution in [0.15, 0.2) is 35.0 Å². The lowest BCUT2D eigenvalue weighted by atomic mass is 10.1. The summed E-state index contributed by atoms with van der Waals surface area (Å²) in [4.78, 5) is 27.4. The Labute approximate surface area is 125 Å². The first-order valence-corrected chi connectivity index (χ1v) is 6.53. The van der Waals surface area contributed by atoms with E-state index in [1.807, 2.05) is 0 Å². The molecule has 7 nitrogen and oxygen atoms in total. The fraction of sp³-hybridized carbons (Fsp3) is 0.133. The molecule has 0 aliphatic rings. The van der Waals surface area contributed by atoms with Gasteiger partial charge in [0, 0.05) is 17.8 Å². The van der Waals surface area contributed by atoms with Crippen LogP contribution in [0.3, 0.4) is 0 Å². The highest BCUT2D eigenvalue weighted by atomic mass is 16.5. The van der Waals surface area contributed by atoms with E-state index in [1.165, 1.54) is 19.4 Å². The molecule has 3 rings (SSSR count). The zero-order valence-corrected chi connectivity index (χ0v) is 12.0. The van der Waals surface area contributed by atoms with E-state index in [2.05, 4.69) is 15.5 Å². The number of carbonyl (C=O) groups is 2. The van der Waals surface area contributed by atoms with Crippen LogP contribution in [-0.4, -0.2) is 28.9 Å². The van der Waals surface area contributed by atoms with Gasteiger partial charge in [0.15, 0.2) is 0 Å². The molecule has 0 aliphatic carbocycles. The average Bonchev–Trinajstić information content (AvgIpc) is 3.12. The van der Waals surface area contributed by atoms with Crippen LogP contribution in [-0.2, 0) is 4.79 Å². The lowest BCUT2D eigenvalue weighted by molar-refractivity contribution is -0.112. The van der Waals surface area contributed by atoms with Crippen LogP contribution in [0.5, 0.6) is 5.75 Å². The maximum Gasteiger partial charge on any atom is 0.299 e. The lowest BCUT2D eigenvalue weighted by Crippen LogP contribution is -2.22. The second kappa shape index (κ2) is 5.36. The van der Waals surface area contributed by atoms with Crippen LogP contribution < -0.4 is 10.1 Å². The summed E-state index contributed by atoms with van der Waals surface area (Å²) < 4.78 is 10.1. The number of methoxy groups -OCH3 is 1. The van der Waals surface area contributed by atoms with Gasteiger partial charge in [-0.25, -0.2) is 0 Å². The van der Waals surface area contributed by atoms with E-state index in [0.717, 1.165) is 0 Å². The predicted octanol–water partition coefficient (Wildman–Crippen LogP) is 2.29. The molecule has 0 saturated heterocycles. The highest BCUT2D eigenvalue weighted by Gasteiger charge is 2.23. The number of anilines is 1. The van der Waals surface area contributed by atoms with Gasteiger partial charge in [0.25, 0.3) is 11.7 Å². The monoisotopic (exact) mass is 299 g/mol. The number of ketones is 1. The number of nitrogens with one attached hydrogen (secondary N) is 2. The van der Waals surface area contributed by atoms with Gasteiger partial charge in [-0.2, -0.15) is 0 Å². The summed E-state index contributed by atoms with van der Waals surface area (Å²) in [6.07, 6.45) is 1.49. The molecule has 1 aromatic carbocycles. The largest absolute Gasteiger partial charge is 0.496 e. The fourth-order valence-electron chi connectivity index (χ4n) is 2.21. The first-order valence-electron chi connectivity index (χ1n) is 6.53. The molecule has 1 amide bonds. The molecule has 0 bridgehead atoms. The molecule has 0 unspecified atom stereocenters. The lowest BCUT2D eigenvalue weighted by Gasteiger charge is -2.04. The molecule has 3 aromatic rings. The SMILES string of the molecule is COc1cccc2[nH]cc(C(=O)C(=O)Nc3cc(C)no3)c12. The second-order valence-corrected chi connectivity index (χ2v) is 4.70. The number of fused-ring (bicyclic) bond motifs is 1. The van der Waals surface area contributed by atoms with Gasteiger partial charge < -0.3 is 14.2 Å². The van der Waals surface area contributed by atoms with Crippen molar-refractivity contribution in [3.63, 3.8) is 0 Å². The standard InChI is InChI=1S/C15H13N3O4/c1-8-6-12(22-18-8)17-15(20)14(19)9-7-16-10-4-3-5-11(21-2)13(9)10/h3-7,16H,1-2H3,(H,17,20). The number of hydrogen-bond donors (Lipinski definition) is 2. The number of amides is 1. The number of nitrogens with zero attached hydrogens (tertiary/aromatic N) is 1. The van der Waals surface area contributed by atoms with E-state index in [9.17, 15) is 9.59 Å². The Morgan fingerprint density at radius 1 is 1.36 bits per heavy atom. The second-order valence-electron chi connectivity index (χ2n) is 4.70. The van der Waals surface area contributed by atoms with Gasteiger partial charge in [-0.05, 0) is 19.1 Å². The van der Waals surface area contributed by atoms with Crippen molar-refractivity contribution in [2.45, 2.75) is 6.92 Å². The molecule has 0 saturated carbocycles. The number of aryl methyl sites for hydroxylation is 1. The van der Waals surface area contributed by atoms with Crippen LogP contribution in [0.1, 0.15) is 16.1 Å². The molecular formula is C15H13N3O4. The number of H-pyrrole nitrogens is 1. The third-order valence-electron chi connectivity index (χ3n) is 3.20. The summed E-state index contributed by atoms with van der Waals surface area (Å²) in [6, 6.07) is 6.85. The van der Waals surface area contributed by atoms with Gasteiger partial charge in [0.05, 0.1) is 23.8 Å². The first kappa shape index (κ1) is 13.9. The number of aromatic nitrogens is 2. The highest BCUT2D eigenvalue weighted by Crippen LogP contribution is 2.29. The van der Waals surface area contributed by atoms with Gasteiger partial charge >= 0.3 is 0 Å². The van der Waals surface area contributed by atoms with Crippen LogP contribution >= 0.6 is 0 Å². The summed E-state index contributed by atoms with van der Waals surface area (Å²) in [7, 11) is 1.51. The van der Waals surface area contributed by atoms with Crippen LogP contribution in [0, 0.1) is 6.92 Å². The number of benzene rings is 1. The minimum Gasteiger partial charge on any atom is -0.496 e. The molecule has 7 heteroatoms. The van der Waals surface area contributed by atoms with Crippen LogP contribution in [0.25, 0.3) is 10.9 Å². The molecular weight excluding hydrogens is 286 g/mol. The Morgan fingerprint density at radius 3 is 2.86 bits per heavy atom. The van der Waals surface area contributed by atoms with Crippen molar-refractivity contribution >= 4 is 28.5 Å². The summed E-state index contributed by atoms with van der Waals surface area (Å²) in [5, 5.41) is 6.59. The molecule has 0 spiro atoms. The third-order valence-corrected chi connectivity index (χ3v) is 3.20. The maximum absolute atomic E-state index is 12.3. The smallest absolute Gasteiger partial charge is 0.299 e. The minimum atomic E-state index is -0.803. The van der Waals surface area contributed by atoms with Crippen molar-refractivity contribution in [2.24, 2.45) is 0 Å². The number of aromatic amines is 1. The Morgan fingerprint density at radius 2 is 2.18 bits per heavy atom. The number of ether oxygens (including phenoxy) is 1. The molecule has 2 heterocycles. The van der Waals surface area contributed by atoms with E-state index < -0.39 is 11.7 Å². The van der Waals surface area contributed by atoms with Gasteiger partial charge in [-0.15, -0.1) is 0 Å². The molecule has 2 aromatic heterocycles. The minimum absolute atomic E-state index is 0.127. The molecule has 22 heavy (non-hydrogen) atoms. The number of Topliss-reactive ketones (excluding diaryl/α,β-unsaturated/α-hetero) is 1. The summed E-state index contributed by atoms with van der Waals surface area (Å²) >= 11 is 0. The van der Waals surface area contributed by atoms with Crippen molar-refractivity contribution in [2.75, 3.05) is 12.4 Å². The zero-order valence-electron chi connectivity index (χ0n) is 12.0. The summed E-state index contributed by atoms with van der Waals surface area (Å²) in [5.41, 5.74) is 1.56. The normalized spacial score (nSPS) is 10.6. The first-order chi connectivity index (χ1) is 10.6. The Bertz CT molecular complexity index is 863. The quantitative estimate of drug-likeness (QED) is 0.569. The number of rotatable bonds is 4. The molecule has 0 atom stereocenters. The van der Waals surface area contributed by atoms with E-state index in [4.69, 9.17) is 9.26 Å².